The summed E-state index contributed by atoms with van der Waals surface area (Å²) in [5.74, 6) is -0.521. The van der Waals surface area contributed by atoms with Gasteiger partial charge in [-0.1, -0.05) is 37.3 Å². The number of likely N-dealkylation sites (tertiary alicyclic amines) is 1. The van der Waals surface area contributed by atoms with E-state index in [2.05, 4.69) is 17.1 Å². The van der Waals surface area contributed by atoms with Gasteiger partial charge in [0.2, 0.25) is 0 Å². The Hall–Kier alpha value is -2.19. The van der Waals surface area contributed by atoms with E-state index >= 15 is 0 Å². The van der Waals surface area contributed by atoms with Gasteiger partial charge in [0.25, 0.3) is 5.91 Å². The van der Waals surface area contributed by atoms with Crippen molar-refractivity contribution in [3.05, 3.63) is 59.2 Å². The van der Waals surface area contributed by atoms with Crippen molar-refractivity contribution < 1.29 is 22.7 Å². The van der Waals surface area contributed by atoms with Crippen molar-refractivity contribution in [3.8, 4) is 5.75 Å². The standard InChI is InChI=1S/C24H29F3N2O2S/c1-5-18-11-12-23(15-29(18)2,16-9-7-6-8-10-16)28-22(30)21-19(31-3)13-17(24(25,26)27)14-20(21)32-4/h6-10,13-14,18H,5,11-12,15H2,1-4H3,(H,28,30)/t18-,23+/m0/s1. The first kappa shape index (κ1) is 24.5. The van der Waals surface area contributed by atoms with E-state index < -0.39 is 23.2 Å². The fourth-order valence-electron chi connectivity index (χ4n) is 4.53. The molecule has 1 amide bonds. The predicted octanol–water partition coefficient (Wildman–Crippen LogP) is 5.57. The third-order valence-corrected chi connectivity index (χ3v) is 7.02. The number of methoxy groups -OCH3 is 1. The van der Waals surface area contributed by atoms with Crippen LogP contribution in [0.15, 0.2) is 47.4 Å². The van der Waals surface area contributed by atoms with Gasteiger partial charge in [0.15, 0.2) is 0 Å². The van der Waals surface area contributed by atoms with E-state index in [1.807, 2.05) is 37.4 Å². The lowest BCUT2D eigenvalue weighted by Gasteiger charge is -2.46. The maximum atomic E-state index is 13.6. The fourth-order valence-corrected chi connectivity index (χ4v) is 5.17. The third kappa shape index (κ3) is 4.91. The topological polar surface area (TPSA) is 41.6 Å². The number of piperidine rings is 1. The van der Waals surface area contributed by atoms with Crippen molar-refractivity contribution in [2.45, 2.75) is 48.8 Å². The Balaban J connectivity index is 2.04. The van der Waals surface area contributed by atoms with Crippen LogP contribution in [0.3, 0.4) is 0 Å². The van der Waals surface area contributed by atoms with Gasteiger partial charge in [0.1, 0.15) is 5.75 Å². The highest BCUT2D eigenvalue weighted by Gasteiger charge is 2.41. The first-order valence-corrected chi connectivity index (χ1v) is 11.8. The molecule has 2 aromatic rings. The van der Waals surface area contributed by atoms with Crippen LogP contribution in [-0.2, 0) is 11.7 Å². The molecule has 1 N–H and O–H groups in total. The Morgan fingerprint density at radius 3 is 2.50 bits per heavy atom. The molecule has 1 heterocycles. The first-order chi connectivity index (χ1) is 15.1. The van der Waals surface area contributed by atoms with E-state index in [1.54, 1.807) is 6.26 Å². The van der Waals surface area contributed by atoms with Gasteiger partial charge in [-0.15, -0.1) is 11.8 Å². The summed E-state index contributed by atoms with van der Waals surface area (Å²) in [5.41, 5.74) is -0.381. The molecule has 0 saturated carbocycles. The number of thioether (sulfide) groups is 1. The lowest BCUT2D eigenvalue weighted by atomic mass is 9.79. The number of benzene rings is 2. The zero-order chi connectivity index (χ0) is 23.5. The molecule has 1 saturated heterocycles. The molecule has 0 aromatic heterocycles. The smallest absolute Gasteiger partial charge is 0.416 e. The SMILES string of the molecule is CC[C@H]1CC[C@](NC(=O)c2c(OC)cc(C(F)(F)F)cc2SC)(c2ccccc2)CN1C. The molecule has 1 aliphatic rings. The van der Waals surface area contributed by atoms with Crippen LogP contribution in [0.2, 0.25) is 0 Å². The van der Waals surface area contributed by atoms with E-state index in [1.165, 1.54) is 7.11 Å². The van der Waals surface area contributed by atoms with E-state index in [-0.39, 0.29) is 16.2 Å². The number of nitrogens with one attached hydrogen (secondary N) is 1. The van der Waals surface area contributed by atoms with E-state index in [9.17, 15) is 18.0 Å². The van der Waals surface area contributed by atoms with Gasteiger partial charge in [-0.3, -0.25) is 4.79 Å². The third-order valence-electron chi connectivity index (χ3n) is 6.26. The van der Waals surface area contributed by atoms with Gasteiger partial charge in [-0.25, -0.2) is 0 Å². The summed E-state index contributed by atoms with van der Waals surface area (Å²) < 4.78 is 45.3. The number of ether oxygens (including phenoxy) is 1. The number of amides is 1. The normalized spacial score (nSPS) is 21.9. The number of halogens is 3. The maximum absolute atomic E-state index is 13.6. The van der Waals surface area contributed by atoms with Crippen LogP contribution in [0.5, 0.6) is 5.75 Å². The van der Waals surface area contributed by atoms with E-state index in [0.717, 1.165) is 48.7 Å². The van der Waals surface area contributed by atoms with Crippen molar-refractivity contribution in [3.63, 3.8) is 0 Å². The molecular weight excluding hydrogens is 437 g/mol. The summed E-state index contributed by atoms with van der Waals surface area (Å²) in [7, 11) is 3.33. The summed E-state index contributed by atoms with van der Waals surface area (Å²) in [6.45, 7) is 2.76. The molecule has 4 nitrogen and oxygen atoms in total. The van der Waals surface area contributed by atoms with Crippen LogP contribution in [0.25, 0.3) is 0 Å². The number of rotatable bonds is 6. The van der Waals surface area contributed by atoms with Gasteiger partial charge < -0.3 is 15.0 Å². The van der Waals surface area contributed by atoms with Gasteiger partial charge in [-0.05, 0) is 50.3 Å². The number of carbonyl (C=O) groups is 1. The maximum Gasteiger partial charge on any atom is 0.416 e. The number of likely N-dealkylation sites (N-methyl/N-ethyl adjacent to an activating group) is 1. The largest absolute Gasteiger partial charge is 0.496 e. The molecule has 0 spiro atoms. The molecule has 2 aromatic carbocycles. The molecule has 2 atom stereocenters. The van der Waals surface area contributed by atoms with Crippen LogP contribution in [-0.4, -0.2) is 43.8 Å². The minimum atomic E-state index is -4.53. The van der Waals surface area contributed by atoms with E-state index in [0.29, 0.717) is 12.6 Å². The van der Waals surface area contributed by atoms with Crippen molar-refractivity contribution in [2.24, 2.45) is 0 Å². The molecule has 1 aliphatic heterocycles. The molecular formula is C24H29F3N2O2S. The Morgan fingerprint density at radius 2 is 1.97 bits per heavy atom. The molecule has 1 fully saturated rings. The van der Waals surface area contributed by atoms with Gasteiger partial charge in [0.05, 0.1) is 23.8 Å². The highest BCUT2D eigenvalue weighted by atomic mass is 32.2. The zero-order valence-electron chi connectivity index (χ0n) is 18.8. The van der Waals surface area contributed by atoms with E-state index in [4.69, 9.17) is 4.74 Å². The second-order valence-electron chi connectivity index (χ2n) is 8.17. The lowest BCUT2D eigenvalue weighted by molar-refractivity contribution is -0.137. The van der Waals surface area contributed by atoms with Crippen LogP contribution < -0.4 is 10.1 Å². The monoisotopic (exact) mass is 466 g/mol. The minimum Gasteiger partial charge on any atom is -0.496 e. The second-order valence-corrected chi connectivity index (χ2v) is 9.02. The lowest BCUT2D eigenvalue weighted by Crippen LogP contribution is -2.58. The molecule has 0 aliphatic carbocycles. The highest BCUT2D eigenvalue weighted by Crippen LogP contribution is 2.40. The van der Waals surface area contributed by atoms with Crippen LogP contribution in [0.4, 0.5) is 13.2 Å². The molecule has 8 heteroatoms. The van der Waals surface area contributed by atoms with Crippen molar-refractivity contribution in [1.29, 1.82) is 0 Å². The molecule has 32 heavy (non-hydrogen) atoms. The fraction of sp³-hybridized carbons (Fsp3) is 0.458. The molecule has 3 rings (SSSR count). The van der Waals surface area contributed by atoms with Gasteiger partial charge in [-0.2, -0.15) is 13.2 Å². The highest BCUT2D eigenvalue weighted by molar-refractivity contribution is 7.98. The van der Waals surface area contributed by atoms with Crippen molar-refractivity contribution >= 4 is 17.7 Å². The molecule has 174 valence electrons. The van der Waals surface area contributed by atoms with Gasteiger partial charge >= 0.3 is 6.18 Å². The van der Waals surface area contributed by atoms with Crippen LogP contribution in [0.1, 0.15) is 47.7 Å². The zero-order valence-corrected chi connectivity index (χ0v) is 19.6. The summed E-state index contributed by atoms with van der Waals surface area (Å²) >= 11 is 1.09. The van der Waals surface area contributed by atoms with Gasteiger partial charge in [0, 0.05) is 17.5 Å². The summed E-state index contributed by atoms with van der Waals surface area (Å²) in [5, 5.41) is 3.19. The number of nitrogens with zero attached hydrogens (tertiary/aromatic N) is 1. The Morgan fingerprint density at radius 1 is 1.28 bits per heavy atom. The average molecular weight is 467 g/mol. The predicted molar refractivity (Wildman–Crippen MR) is 121 cm³/mol. The minimum absolute atomic E-state index is 0.0829. The number of alkyl halides is 3. The average Bonchev–Trinajstić information content (AvgIpc) is 2.78. The molecule has 0 bridgehead atoms. The summed E-state index contributed by atoms with van der Waals surface area (Å²) in [4.78, 5) is 16.0. The summed E-state index contributed by atoms with van der Waals surface area (Å²) in [6, 6.07) is 12.1. The number of hydrogen-bond acceptors (Lipinski definition) is 4. The summed E-state index contributed by atoms with van der Waals surface area (Å²) in [6.07, 6.45) is -0.221. The Bertz CT molecular complexity index is 927. The van der Waals surface area contributed by atoms with Crippen molar-refractivity contribution in [2.75, 3.05) is 27.0 Å². The second kappa shape index (κ2) is 9.75. The molecule has 0 radical (unpaired) electrons. The van der Waals surface area contributed by atoms with Crippen LogP contribution in [0, 0.1) is 0 Å². The quantitative estimate of drug-likeness (QED) is 0.566. The first-order valence-electron chi connectivity index (χ1n) is 10.6. The number of hydrogen-bond donors (Lipinski definition) is 1. The van der Waals surface area contributed by atoms with Crippen LogP contribution >= 0.6 is 11.8 Å². The van der Waals surface area contributed by atoms with Crippen molar-refractivity contribution in [1.82, 2.24) is 10.2 Å². The Kier molecular flexibility index (Phi) is 7.45. The Labute approximate surface area is 191 Å². The number of carbonyl (C=O) groups excluding carboxylic acids is 1. The molecule has 0 unspecified atom stereocenters.